The topological polar surface area (TPSA) is 66.0 Å². The highest BCUT2D eigenvalue weighted by Gasteiger charge is 2.49. The summed E-state index contributed by atoms with van der Waals surface area (Å²) in [5.74, 6) is 0. The van der Waals surface area contributed by atoms with Crippen LogP contribution in [0, 0.1) is 0 Å². The van der Waals surface area contributed by atoms with Crippen LogP contribution in [0.4, 0.5) is 0 Å². The molecule has 3 N–H and O–H groups in total. The Labute approximate surface area is 65.5 Å². The summed E-state index contributed by atoms with van der Waals surface area (Å²) in [7, 11) is -2.89. The summed E-state index contributed by atoms with van der Waals surface area (Å²) in [5, 5.41) is 3.40. The molecular formula is C4H13NO3PS+2. The van der Waals surface area contributed by atoms with Crippen LogP contribution in [0.2, 0.25) is 0 Å². The second-order valence-electron chi connectivity index (χ2n) is 1.41. The van der Waals surface area contributed by atoms with E-state index in [1.807, 2.05) is 0 Å². The molecule has 0 amide bonds. The SMILES string of the molecule is CCO[P+]([O])(OCC)S[NH3+]. The van der Waals surface area contributed by atoms with Gasteiger partial charge >= 0.3 is 18.7 Å². The molecule has 10 heavy (non-hydrogen) atoms. The average Bonchev–Trinajstić information content (AvgIpc) is 1.89. The van der Waals surface area contributed by atoms with Gasteiger partial charge in [-0.05, 0) is 13.8 Å². The fraction of sp³-hybridized carbons (Fsp3) is 1.00. The van der Waals surface area contributed by atoms with E-state index in [0.717, 1.165) is 11.6 Å². The minimum absolute atomic E-state index is 0.389. The Morgan fingerprint density at radius 1 is 1.40 bits per heavy atom. The Morgan fingerprint density at radius 3 is 2.00 bits per heavy atom. The molecule has 0 atom stereocenters. The van der Waals surface area contributed by atoms with E-state index in [0.29, 0.717) is 13.2 Å². The number of hydrogen-bond acceptors (Lipinski definition) is 3. The first-order valence-electron chi connectivity index (χ1n) is 3.01. The lowest BCUT2D eigenvalue weighted by molar-refractivity contribution is -0.135. The van der Waals surface area contributed by atoms with Crippen LogP contribution in [0.15, 0.2) is 0 Å². The molecule has 0 aromatic heterocycles. The second kappa shape index (κ2) is 5.29. The van der Waals surface area contributed by atoms with E-state index in [4.69, 9.17) is 9.05 Å². The molecule has 0 saturated carbocycles. The lowest BCUT2D eigenvalue weighted by Crippen LogP contribution is -2.37. The Kier molecular flexibility index (Phi) is 5.62. The van der Waals surface area contributed by atoms with Gasteiger partial charge in [0.2, 0.25) is 0 Å². The minimum atomic E-state index is -2.89. The Morgan fingerprint density at radius 2 is 1.80 bits per heavy atom. The van der Waals surface area contributed by atoms with E-state index < -0.39 is 7.15 Å². The molecule has 0 aromatic rings. The third-order valence-corrected chi connectivity index (χ3v) is 3.78. The molecule has 0 aliphatic heterocycles. The van der Waals surface area contributed by atoms with Crippen molar-refractivity contribution in [2.45, 2.75) is 13.8 Å². The van der Waals surface area contributed by atoms with E-state index >= 15 is 0 Å². The van der Waals surface area contributed by atoms with Crippen molar-refractivity contribution in [2.24, 2.45) is 0 Å². The first-order valence-corrected chi connectivity index (χ1v) is 6.14. The molecule has 0 rings (SSSR count). The highest BCUT2D eigenvalue weighted by molar-refractivity contribution is 8.53. The van der Waals surface area contributed by atoms with Gasteiger partial charge < -0.3 is 0 Å². The van der Waals surface area contributed by atoms with E-state index in [9.17, 15) is 4.89 Å². The predicted molar refractivity (Wildman–Crippen MR) is 41.3 cm³/mol. The fourth-order valence-electron chi connectivity index (χ4n) is 0.428. The molecule has 0 fully saturated rings. The molecule has 0 bridgehead atoms. The normalized spacial score (nSPS) is 12.0. The van der Waals surface area contributed by atoms with E-state index in [2.05, 4.69) is 5.14 Å². The van der Waals surface area contributed by atoms with Gasteiger partial charge in [0.05, 0.1) is 13.2 Å². The summed E-state index contributed by atoms with van der Waals surface area (Å²) in [4.78, 5) is 11.2. The van der Waals surface area contributed by atoms with Crippen LogP contribution < -0.4 is 5.14 Å². The molecule has 1 radical (unpaired) electrons. The van der Waals surface area contributed by atoms with Crippen molar-refractivity contribution in [2.75, 3.05) is 13.2 Å². The first kappa shape index (κ1) is 10.6. The largest absolute Gasteiger partial charge is 0.581 e. The molecule has 0 saturated heterocycles. The molecule has 0 aromatic carbocycles. The van der Waals surface area contributed by atoms with E-state index in [1.54, 1.807) is 13.8 Å². The molecule has 0 unspecified atom stereocenters. The van der Waals surface area contributed by atoms with Gasteiger partial charge in [0.15, 0.2) is 0 Å². The van der Waals surface area contributed by atoms with Gasteiger partial charge in [0, 0.05) is 4.89 Å². The van der Waals surface area contributed by atoms with Crippen LogP contribution in [-0.4, -0.2) is 13.2 Å². The maximum atomic E-state index is 11.2. The lowest BCUT2D eigenvalue weighted by Gasteiger charge is -2.03. The fourth-order valence-corrected chi connectivity index (χ4v) is 2.36. The smallest absolute Gasteiger partial charge is 0.254 e. The van der Waals surface area contributed by atoms with Crippen molar-refractivity contribution in [3.05, 3.63) is 0 Å². The maximum Gasteiger partial charge on any atom is 0.581 e. The first-order chi connectivity index (χ1) is 4.68. The monoisotopic (exact) mass is 186 g/mol. The summed E-state index contributed by atoms with van der Waals surface area (Å²) < 4.78 is 9.71. The summed E-state index contributed by atoms with van der Waals surface area (Å²) in [6.07, 6.45) is 0. The van der Waals surface area contributed by atoms with Gasteiger partial charge in [-0.1, -0.05) is 0 Å². The van der Waals surface area contributed by atoms with Crippen LogP contribution >= 0.6 is 18.7 Å². The molecule has 0 spiro atoms. The molecule has 4 nitrogen and oxygen atoms in total. The quantitative estimate of drug-likeness (QED) is 0.515. The van der Waals surface area contributed by atoms with Gasteiger partial charge in [-0.25, -0.2) is 0 Å². The summed E-state index contributed by atoms with van der Waals surface area (Å²) in [5.41, 5.74) is 0. The Bertz CT molecular complexity index is 88.6. The highest BCUT2D eigenvalue weighted by atomic mass is 32.7. The van der Waals surface area contributed by atoms with Gasteiger partial charge in [-0.2, -0.15) is 9.05 Å². The molecule has 0 heterocycles. The van der Waals surface area contributed by atoms with Crippen molar-refractivity contribution >= 4 is 18.7 Å². The summed E-state index contributed by atoms with van der Waals surface area (Å²) >= 11 is 0.882. The Balaban J connectivity index is 3.69. The van der Waals surface area contributed by atoms with Crippen LogP contribution in [0.3, 0.4) is 0 Å². The zero-order valence-corrected chi connectivity index (χ0v) is 7.91. The van der Waals surface area contributed by atoms with Crippen LogP contribution in [0.25, 0.3) is 0 Å². The van der Waals surface area contributed by atoms with Crippen LogP contribution in [0.1, 0.15) is 13.8 Å². The van der Waals surface area contributed by atoms with Crippen molar-refractivity contribution < 1.29 is 19.1 Å². The van der Waals surface area contributed by atoms with Crippen molar-refractivity contribution in [1.82, 2.24) is 0 Å². The molecule has 61 valence electrons. The van der Waals surface area contributed by atoms with E-state index in [1.165, 1.54) is 0 Å². The van der Waals surface area contributed by atoms with Gasteiger partial charge in [-0.15, -0.1) is 0 Å². The third kappa shape index (κ3) is 3.71. The van der Waals surface area contributed by atoms with Crippen molar-refractivity contribution in [1.29, 1.82) is 0 Å². The number of quaternary nitrogens is 1. The third-order valence-electron chi connectivity index (χ3n) is 0.733. The lowest BCUT2D eigenvalue weighted by atomic mass is 10.9. The Hall–Kier alpha value is 0.620. The number of hydrogen-bond donors (Lipinski definition) is 1. The predicted octanol–water partition coefficient (Wildman–Crippen LogP) is 1.06. The summed E-state index contributed by atoms with van der Waals surface area (Å²) in [6.45, 7) is 4.31. The van der Waals surface area contributed by atoms with Crippen molar-refractivity contribution in [3.63, 3.8) is 0 Å². The molecule has 0 aliphatic rings. The zero-order chi connectivity index (χ0) is 8.04. The van der Waals surface area contributed by atoms with Crippen LogP contribution in [0.5, 0.6) is 0 Å². The van der Waals surface area contributed by atoms with Gasteiger partial charge in [0.1, 0.15) is 0 Å². The summed E-state index contributed by atoms with van der Waals surface area (Å²) in [6, 6.07) is 0. The maximum absolute atomic E-state index is 11.2. The van der Waals surface area contributed by atoms with Gasteiger partial charge in [0.25, 0.3) is 0 Å². The zero-order valence-electron chi connectivity index (χ0n) is 6.20. The minimum Gasteiger partial charge on any atom is -0.254 e. The molecule has 6 heteroatoms. The second-order valence-corrected chi connectivity index (χ2v) is 5.20. The van der Waals surface area contributed by atoms with Crippen molar-refractivity contribution in [3.8, 4) is 0 Å². The highest BCUT2D eigenvalue weighted by Crippen LogP contribution is 2.65. The molecule has 0 aliphatic carbocycles. The molecular weight excluding hydrogens is 173 g/mol. The van der Waals surface area contributed by atoms with E-state index in [-0.39, 0.29) is 0 Å². The van der Waals surface area contributed by atoms with Gasteiger partial charge in [-0.3, -0.25) is 5.14 Å². The number of rotatable bonds is 5. The van der Waals surface area contributed by atoms with Crippen LogP contribution in [-0.2, 0) is 13.9 Å². The average molecular weight is 186 g/mol. The standard InChI is InChI=1S/C4H12NO3PS/c1-3-7-9(6,10-5)8-4-2/h3-5H2,1-2H3/q+1/p+1.